The quantitative estimate of drug-likeness (QED) is 0.842. The summed E-state index contributed by atoms with van der Waals surface area (Å²) >= 11 is 0. The van der Waals surface area contributed by atoms with Crippen LogP contribution in [0.4, 0.5) is 0 Å². The van der Waals surface area contributed by atoms with Crippen molar-refractivity contribution in [2.45, 2.75) is 68.1 Å². The molecular weight excluding hydrogens is 358 g/mol. The molecule has 2 heterocycles. The van der Waals surface area contributed by atoms with E-state index >= 15 is 0 Å². The summed E-state index contributed by atoms with van der Waals surface area (Å²) in [5.41, 5.74) is 0.141. The molecule has 3 aliphatic carbocycles. The molecule has 1 N–H and O–H groups in total. The van der Waals surface area contributed by atoms with E-state index in [1.807, 2.05) is 17.0 Å². The highest BCUT2D eigenvalue weighted by molar-refractivity contribution is 5.90. The van der Waals surface area contributed by atoms with Crippen LogP contribution in [-0.4, -0.2) is 53.1 Å². The number of ketones is 1. The average molecular weight is 383 g/mol. The minimum Gasteiger partial charge on any atom is -0.493 e. The van der Waals surface area contributed by atoms with Gasteiger partial charge in [-0.05, 0) is 43.7 Å². The standard InChI is InChI=1S/C22H25NO5/c1-27-15-6-5-13-11-16-22(26)8-7-14(24)19-21(22,17(13)18(15)28-19)9-10-23(16)20(25)12-3-2-4-12/h5-6,12,16,19,26H,2-4,7-11H2,1H3/t16-,19+,21+,22-/m0/s1. The van der Waals surface area contributed by atoms with Crippen LogP contribution in [0.2, 0.25) is 0 Å². The van der Waals surface area contributed by atoms with Gasteiger partial charge in [-0.3, -0.25) is 9.59 Å². The van der Waals surface area contributed by atoms with E-state index in [4.69, 9.17) is 9.47 Å². The molecule has 3 fully saturated rings. The zero-order chi connectivity index (χ0) is 19.3. The van der Waals surface area contributed by atoms with Crippen molar-refractivity contribution in [3.8, 4) is 11.5 Å². The van der Waals surface area contributed by atoms with Crippen molar-refractivity contribution in [3.63, 3.8) is 0 Å². The lowest BCUT2D eigenvalue weighted by Gasteiger charge is -2.62. The number of hydrogen-bond acceptors (Lipinski definition) is 5. The van der Waals surface area contributed by atoms with Gasteiger partial charge in [-0.15, -0.1) is 0 Å². The molecule has 1 aromatic carbocycles. The fourth-order valence-corrected chi connectivity index (χ4v) is 6.63. The predicted octanol–water partition coefficient (Wildman–Crippen LogP) is 1.75. The van der Waals surface area contributed by atoms with Gasteiger partial charge in [0.05, 0.1) is 24.2 Å². The fraction of sp³-hybridized carbons (Fsp3) is 0.636. The molecule has 1 spiro atoms. The summed E-state index contributed by atoms with van der Waals surface area (Å²) in [6.45, 7) is 0.575. The Bertz CT molecular complexity index is 908. The van der Waals surface area contributed by atoms with Crippen molar-refractivity contribution in [3.05, 3.63) is 23.3 Å². The molecule has 2 saturated carbocycles. The Hall–Kier alpha value is -2.08. The summed E-state index contributed by atoms with van der Waals surface area (Å²) in [5, 5.41) is 12.1. The van der Waals surface area contributed by atoms with E-state index in [-0.39, 0.29) is 30.1 Å². The number of methoxy groups -OCH3 is 1. The number of carbonyl (C=O) groups excluding carboxylic acids is 2. The third-order valence-electron chi connectivity index (χ3n) is 8.20. The van der Waals surface area contributed by atoms with Crippen LogP contribution < -0.4 is 9.47 Å². The highest BCUT2D eigenvalue weighted by atomic mass is 16.5. The van der Waals surface area contributed by atoms with Crippen LogP contribution in [0.15, 0.2) is 12.1 Å². The largest absolute Gasteiger partial charge is 0.493 e. The van der Waals surface area contributed by atoms with Crippen molar-refractivity contribution in [1.29, 1.82) is 0 Å². The van der Waals surface area contributed by atoms with E-state index in [1.165, 1.54) is 0 Å². The number of amides is 1. The monoisotopic (exact) mass is 383 g/mol. The van der Waals surface area contributed by atoms with Crippen LogP contribution in [0.1, 0.15) is 49.7 Å². The molecule has 0 unspecified atom stereocenters. The van der Waals surface area contributed by atoms with Gasteiger partial charge in [-0.1, -0.05) is 12.5 Å². The van der Waals surface area contributed by atoms with Crippen molar-refractivity contribution in [2.75, 3.05) is 13.7 Å². The van der Waals surface area contributed by atoms with Crippen molar-refractivity contribution >= 4 is 11.7 Å². The number of piperidine rings is 1. The summed E-state index contributed by atoms with van der Waals surface area (Å²) in [7, 11) is 1.60. The van der Waals surface area contributed by atoms with Gasteiger partial charge in [0.1, 0.15) is 0 Å². The second kappa shape index (κ2) is 5.29. The van der Waals surface area contributed by atoms with Gasteiger partial charge in [-0.25, -0.2) is 0 Å². The first kappa shape index (κ1) is 16.8. The number of carbonyl (C=O) groups is 2. The molecule has 1 aromatic rings. The van der Waals surface area contributed by atoms with E-state index in [2.05, 4.69) is 0 Å². The van der Waals surface area contributed by atoms with Crippen LogP contribution in [0, 0.1) is 5.92 Å². The topological polar surface area (TPSA) is 76.1 Å². The molecule has 148 valence electrons. The molecular formula is C22H25NO5. The highest BCUT2D eigenvalue weighted by Gasteiger charge is 2.73. The van der Waals surface area contributed by atoms with Crippen LogP contribution in [0.5, 0.6) is 11.5 Å². The molecule has 0 aromatic heterocycles. The first-order chi connectivity index (χ1) is 13.5. The van der Waals surface area contributed by atoms with Crippen LogP contribution in [0.3, 0.4) is 0 Å². The van der Waals surface area contributed by atoms with E-state index < -0.39 is 17.1 Å². The lowest BCUT2D eigenvalue weighted by molar-refractivity contribution is -0.195. The molecule has 4 atom stereocenters. The summed E-state index contributed by atoms with van der Waals surface area (Å²) in [5.74, 6) is 1.57. The van der Waals surface area contributed by atoms with E-state index in [0.29, 0.717) is 37.3 Å². The van der Waals surface area contributed by atoms with E-state index in [9.17, 15) is 14.7 Å². The lowest BCUT2D eigenvalue weighted by Crippen LogP contribution is -2.77. The maximum absolute atomic E-state index is 13.2. The molecule has 6 rings (SSSR count). The normalized spacial score (nSPS) is 37.8. The Balaban J connectivity index is 1.55. The Morgan fingerprint density at radius 3 is 2.86 bits per heavy atom. The fourth-order valence-electron chi connectivity index (χ4n) is 6.63. The summed E-state index contributed by atoms with van der Waals surface area (Å²) in [6, 6.07) is 3.61. The zero-order valence-electron chi connectivity index (χ0n) is 16.1. The van der Waals surface area contributed by atoms with Crippen LogP contribution in [-0.2, 0) is 21.4 Å². The Morgan fingerprint density at radius 2 is 2.14 bits per heavy atom. The molecule has 5 aliphatic rings. The van der Waals surface area contributed by atoms with Crippen LogP contribution in [0.25, 0.3) is 0 Å². The summed E-state index contributed by atoms with van der Waals surface area (Å²) < 4.78 is 11.7. The van der Waals surface area contributed by atoms with Crippen molar-refractivity contribution < 1.29 is 24.2 Å². The number of Topliss-reactive ketones (excluding diaryl/α,β-unsaturated/α-hetero) is 1. The molecule has 1 saturated heterocycles. The van der Waals surface area contributed by atoms with Crippen LogP contribution >= 0.6 is 0 Å². The summed E-state index contributed by atoms with van der Waals surface area (Å²) in [4.78, 5) is 28.0. The SMILES string of the molecule is COc1ccc2c3c1O[C@@H]1C(=O)CC[C@]4(O)[C@H](C2)N(C(=O)C2CCC2)CC[C@@]314. The molecule has 28 heavy (non-hydrogen) atoms. The second-order valence-corrected chi connectivity index (χ2v) is 9.12. The number of benzene rings is 1. The second-order valence-electron chi connectivity index (χ2n) is 9.12. The number of hydrogen-bond donors (Lipinski definition) is 1. The van der Waals surface area contributed by atoms with Crippen molar-refractivity contribution in [2.24, 2.45) is 5.92 Å². The lowest BCUT2D eigenvalue weighted by atomic mass is 9.49. The molecule has 2 aliphatic heterocycles. The smallest absolute Gasteiger partial charge is 0.226 e. The molecule has 6 heteroatoms. The van der Waals surface area contributed by atoms with Gasteiger partial charge in [0.25, 0.3) is 0 Å². The average Bonchev–Trinajstić information content (AvgIpc) is 2.98. The Morgan fingerprint density at radius 1 is 1.32 bits per heavy atom. The third kappa shape index (κ3) is 1.70. The molecule has 2 bridgehead atoms. The maximum atomic E-state index is 13.2. The number of likely N-dealkylation sites (tertiary alicyclic amines) is 1. The van der Waals surface area contributed by atoms with Gasteiger partial charge in [0, 0.05) is 24.4 Å². The van der Waals surface area contributed by atoms with Crippen molar-refractivity contribution in [1.82, 2.24) is 4.90 Å². The highest BCUT2D eigenvalue weighted by Crippen LogP contribution is 2.65. The molecule has 1 amide bonds. The molecule has 6 nitrogen and oxygen atoms in total. The van der Waals surface area contributed by atoms with Gasteiger partial charge in [0.15, 0.2) is 23.4 Å². The van der Waals surface area contributed by atoms with Gasteiger partial charge in [-0.2, -0.15) is 0 Å². The number of rotatable bonds is 2. The van der Waals surface area contributed by atoms with Gasteiger partial charge < -0.3 is 19.5 Å². The maximum Gasteiger partial charge on any atom is 0.226 e. The number of ether oxygens (including phenoxy) is 2. The molecule has 0 radical (unpaired) electrons. The van der Waals surface area contributed by atoms with Gasteiger partial charge in [0.2, 0.25) is 5.91 Å². The Kier molecular flexibility index (Phi) is 3.18. The first-order valence-electron chi connectivity index (χ1n) is 10.4. The minimum absolute atomic E-state index is 0.0493. The minimum atomic E-state index is -1.13. The first-order valence-corrected chi connectivity index (χ1v) is 10.4. The Labute approximate surface area is 163 Å². The third-order valence-corrected chi connectivity index (χ3v) is 8.20. The number of aliphatic hydroxyl groups is 1. The number of nitrogens with zero attached hydrogens (tertiary/aromatic N) is 1. The van der Waals surface area contributed by atoms with Gasteiger partial charge >= 0.3 is 0 Å². The predicted molar refractivity (Wildman–Crippen MR) is 99.4 cm³/mol. The van der Waals surface area contributed by atoms with E-state index in [1.54, 1.807) is 7.11 Å². The zero-order valence-corrected chi connectivity index (χ0v) is 16.1. The summed E-state index contributed by atoms with van der Waals surface area (Å²) in [6.07, 6.45) is 4.17. The van der Waals surface area contributed by atoms with E-state index in [0.717, 1.165) is 30.4 Å².